The Morgan fingerprint density at radius 2 is 2.00 bits per heavy atom. The van der Waals surface area contributed by atoms with Crippen molar-refractivity contribution < 1.29 is 9.13 Å². The molecule has 0 bridgehead atoms. The second-order valence-electron chi connectivity index (χ2n) is 6.10. The van der Waals surface area contributed by atoms with E-state index in [2.05, 4.69) is 20.6 Å². The summed E-state index contributed by atoms with van der Waals surface area (Å²) in [6, 6.07) is 8.92. The molecule has 0 spiro atoms. The van der Waals surface area contributed by atoms with Crippen LogP contribution in [0.15, 0.2) is 36.7 Å². The Morgan fingerprint density at radius 3 is 2.69 bits per heavy atom. The van der Waals surface area contributed by atoms with Crippen LogP contribution in [0.1, 0.15) is 5.56 Å². The lowest BCUT2D eigenvalue weighted by molar-refractivity contribution is -0.0564. The quantitative estimate of drug-likeness (QED) is 0.649. The van der Waals surface area contributed by atoms with Gasteiger partial charge in [-0.15, -0.1) is 0 Å². The normalized spacial score (nSPS) is 15.7. The minimum Gasteiger partial charge on any atom is -0.371 e. The highest BCUT2D eigenvalue weighted by Crippen LogP contribution is 2.35. The fourth-order valence-corrected chi connectivity index (χ4v) is 3.32. The van der Waals surface area contributed by atoms with E-state index in [-0.39, 0.29) is 21.3 Å². The summed E-state index contributed by atoms with van der Waals surface area (Å²) >= 11 is 11.7. The van der Waals surface area contributed by atoms with Gasteiger partial charge in [0.15, 0.2) is 5.82 Å². The summed E-state index contributed by atoms with van der Waals surface area (Å²) < 4.78 is 20.1. The van der Waals surface area contributed by atoms with Gasteiger partial charge in [0.05, 0.1) is 21.2 Å². The Kier molecular flexibility index (Phi) is 4.44. The fraction of sp³-hybridized carbons (Fsp3) is 0.222. The standard InChI is InChI=1S/C18H15Cl2FN4O/c1-26-18(7-22-8-18)10-2-4-13-11(6-10)17(24-9-23-13)25-14-5-3-12(19)15(20)16(14)21/h2-6,9,22H,7-8H2,1H3,(H,23,24,25). The Morgan fingerprint density at radius 1 is 1.19 bits per heavy atom. The number of aromatic nitrogens is 2. The lowest BCUT2D eigenvalue weighted by Crippen LogP contribution is -2.57. The summed E-state index contributed by atoms with van der Waals surface area (Å²) in [4.78, 5) is 8.55. The van der Waals surface area contributed by atoms with Crippen LogP contribution in [-0.4, -0.2) is 30.2 Å². The zero-order valence-corrected chi connectivity index (χ0v) is 15.3. The molecule has 1 saturated heterocycles. The summed E-state index contributed by atoms with van der Waals surface area (Å²) in [7, 11) is 1.69. The number of hydrogen-bond donors (Lipinski definition) is 2. The van der Waals surface area contributed by atoms with E-state index in [1.165, 1.54) is 18.5 Å². The third-order valence-corrected chi connectivity index (χ3v) is 5.44. The topological polar surface area (TPSA) is 59.1 Å². The van der Waals surface area contributed by atoms with Crippen molar-refractivity contribution >= 4 is 45.6 Å². The van der Waals surface area contributed by atoms with Gasteiger partial charge < -0.3 is 15.4 Å². The first kappa shape index (κ1) is 17.4. The van der Waals surface area contributed by atoms with Crippen LogP contribution in [0.4, 0.5) is 15.9 Å². The first-order valence-corrected chi connectivity index (χ1v) is 8.71. The second-order valence-corrected chi connectivity index (χ2v) is 6.89. The zero-order valence-electron chi connectivity index (χ0n) is 13.8. The van der Waals surface area contributed by atoms with Gasteiger partial charge in [-0.1, -0.05) is 29.3 Å². The average molecular weight is 393 g/mol. The Labute approximate surface area is 159 Å². The van der Waals surface area contributed by atoms with Crippen molar-refractivity contribution in [3.63, 3.8) is 0 Å². The maximum Gasteiger partial charge on any atom is 0.166 e. The van der Waals surface area contributed by atoms with E-state index in [4.69, 9.17) is 27.9 Å². The predicted octanol–water partition coefficient (Wildman–Crippen LogP) is 4.26. The van der Waals surface area contributed by atoms with Crippen LogP contribution in [0.25, 0.3) is 10.9 Å². The van der Waals surface area contributed by atoms with Gasteiger partial charge in [-0.25, -0.2) is 14.4 Å². The van der Waals surface area contributed by atoms with Gasteiger partial charge in [-0.3, -0.25) is 0 Å². The van der Waals surface area contributed by atoms with E-state index >= 15 is 0 Å². The number of rotatable bonds is 4. The van der Waals surface area contributed by atoms with Crippen molar-refractivity contribution in [2.75, 3.05) is 25.5 Å². The zero-order chi connectivity index (χ0) is 18.3. The number of ether oxygens (including phenoxy) is 1. The monoisotopic (exact) mass is 392 g/mol. The number of methoxy groups -OCH3 is 1. The van der Waals surface area contributed by atoms with E-state index in [1.54, 1.807) is 7.11 Å². The Hall–Kier alpha value is -1.99. The molecule has 2 N–H and O–H groups in total. The molecule has 0 amide bonds. The van der Waals surface area contributed by atoms with Gasteiger partial charge in [0.1, 0.15) is 17.7 Å². The van der Waals surface area contributed by atoms with E-state index in [0.29, 0.717) is 5.82 Å². The van der Waals surface area contributed by atoms with Gasteiger partial charge in [0.2, 0.25) is 0 Å². The van der Waals surface area contributed by atoms with Crippen molar-refractivity contribution in [3.8, 4) is 0 Å². The van der Waals surface area contributed by atoms with E-state index in [0.717, 1.165) is 29.6 Å². The molecule has 134 valence electrons. The molecule has 1 aromatic heterocycles. The van der Waals surface area contributed by atoms with Crippen molar-refractivity contribution in [2.45, 2.75) is 5.60 Å². The largest absolute Gasteiger partial charge is 0.371 e. The van der Waals surface area contributed by atoms with Gasteiger partial charge in [0, 0.05) is 25.6 Å². The van der Waals surface area contributed by atoms with Crippen LogP contribution in [-0.2, 0) is 10.3 Å². The highest BCUT2D eigenvalue weighted by molar-refractivity contribution is 6.42. The lowest BCUT2D eigenvalue weighted by Gasteiger charge is -2.41. The molecule has 1 aliphatic rings. The molecule has 3 aromatic rings. The average Bonchev–Trinajstić information content (AvgIpc) is 2.62. The maximum absolute atomic E-state index is 14.4. The molecule has 2 heterocycles. The molecule has 0 saturated carbocycles. The number of halogens is 3. The molecule has 26 heavy (non-hydrogen) atoms. The molecular formula is C18H15Cl2FN4O. The minimum absolute atomic E-state index is 0.130. The molecule has 4 rings (SSSR count). The number of anilines is 2. The smallest absolute Gasteiger partial charge is 0.166 e. The van der Waals surface area contributed by atoms with E-state index < -0.39 is 5.82 Å². The number of nitrogens with zero attached hydrogens (tertiary/aromatic N) is 2. The van der Waals surface area contributed by atoms with Crippen molar-refractivity contribution in [1.29, 1.82) is 0 Å². The number of fused-ring (bicyclic) bond motifs is 1. The first-order valence-electron chi connectivity index (χ1n) is 7.96. The van der Waals surface area contributed by atoms with Gasteiger partial charge in [0.25, 0.3) is 0 Å². The second kappa shape index (κ2) is 6.63. The summed E-state index contributed by atoms with van der Waals surface area (Å²) in [5.41, 5.74) is 1.58. The van der Waals surface area contributed by atoms with Gasteiger partial charge in [-0.2, -0.15) is 0 Å². The minimum atomic E-state index is -0.626. The fourth-order valence-electron chi connectivity index (χ4n) is 3.01. The highest BCUT2D eigenvalue weighted by atomic mass is 35.5. The number of nitrogens with one attached hydrogen (secondary N) is 2. The van der Waals surface area contributed by atoms with Crippen LogP contribution in [0, 0.1) is 5.82 Å². The summed E-state index contributed by atoms with van der Waals surface area (Å²) in [6.45, 7) is 1.46. The molecule has 0 radical (unpaired) electrons. The molecule has 1 aliphatic heterocycles. The SMILES string of the molecule is COC1(c2ccc3ncnc(Nc4ccc(Cl)c(Cl)c4F)c3c2)CNC1. The number of hydrogen-bond acceptors (Lipinski definition) is 5. The van der Waals surface area contributed by atoms with Gasteiger partial charge >= 0.3 is 0 Å². The Balaban J connectivity index is 1.79. The van der Waals surface area contributed by atoms with Crippen molar-refractivity contribution in [2.24, 2.45) is 0 Å². The third-order valence-electron chi connectivity index (χ3n) is 4.66. The van der Waals surface area contributed by atoms with Crippen molar-refractivity contribution in [3.05, 3.63) is 58.1 Å². The van der Waals surface area contributed by atoms with Crippen LogP contribution in [0.5, 0.6) is 0 Å². The summed E-state index contributed by atoms with van der Waals surface area (Å²) in [5.74, 6) is -0.147. The third kappa shape index (κ3) is 2.79. The van der Waals surface area contributed by atoms with Crippen LogP contribution < -0.4 is 10.6 Å². The molecule has 0 aliphatic carbocycles. The van der Waals surface area contributed by atoms with Crippen LogP contribution in [0.3, 0.4) is 0 Å². The molecule has 5 nitrogen and oxygen atoms in total. The number of benzene rings is 2. The lowest BCUT2D eigenvalue weighted by atomic mass is 9.87. The van der Waals surface area contributed by atoms with E-state index in [9.17, 15) is 4.39 Å². The van der Waals surface area contributed by atoms with Crippen molar-refractivity contribution in [1.82, 2.24) is 15.3 Å². The van der Waals surface area contributed by atoms with Gasteiger partial charge in [-0.05, 0) is 29.8 Å². The maximum atomic E-state index is 14.4. The summed E-state index contributed by atoms with van der Waals surface area (Å²) in [6.07, 6.45) is 1.43. The van der Waals surface area contributed by atoms with Crippen LogP contribution in [0.2, 0.25) is 10.0 Å². The molecule has 1 fully saturated rings. The molecule has 0 atom stereocenters. The summed E-state index contributed by atoms with van der Waals surface area (Å²) in [5, 5.41) is 7.00. The molecular weight excluding hydrogens is 378 g/mol. The molecule has 8 heteroatoms. The van der Waals surface area contributed by atoms with E-state index in [1.807, 2.05) is 18.2 Å². The first-order chi connectivity index (χ1) is 12.5. The highest BCUT2D eigenvalue weighted by Gasteiger charge is 2.39. The Bertz CT molecular complexity index is 989. The molecule has 0 unspecified atom stereocenters. The van der Waals surface area contributed by atoms with Crippen LogP contribution >= 0.6 is 23.2 Å². The predicted molar refractivity (Wildman–Crippen MR) is 101 cm³/mol. The molecule has 2 aromatic carbocycles.